The molecular weight excluding hydrogens is 508 g/mol. The molecule has 0 fully saturated rings. The highest BCUT2D eigenvalue weighted by atomic mass is 28.4. The number of carboxylic acid groups (broad SMARTS) is 1. The zero-order chi connectivity index (χ0) is 29.4. The molecule has 8 heteroatoms. The van der Waals surface area contributed by atoms with Gasteiger partial charge in [-0.1, -0.05) is 63.2 Å². The highest BCUT2D eigenvalue weighted by Crippen LogP contribution is 2.39. The number of carbonyl (C=O) groups excluding carboxylic acids is 1. The summed E-state index contributed by atoms with van der Waals surface area (Å²) in [6.45, 7) is 16.1. The van der Waals surface area contributed by atoms with Gasteiger partial charge in [-0.2, -0.15) is 5.26 Å². The normalized spacial score (nSPS) is 14.5. The van der Waals surface area contributed by atoms with E-state index in [1.807, 2.05) is 36.4 Å². The first-order chi connectivity index (χ1) is 18.0. The smallest absolute Gasteiger partial charge is 0.407 e. The predicted octanol–water partition coefficient (Wildman–Crippen LogP) is 6.72. The Kier molecular flexibility index (Phi) is 10.9. The average molecular weight is 553 g/mol. The minimum absolute atomic E-state index is 0.131. The Morgan fingerprint density at radius 3 is 2.13 bits per heavy atom. The average Bonchev–Trinajstić information content (AvgIpc) is 2.81. The number of nitriles is 1. The van der Waals surface area contributed by atoms with Gasteiger partial charge < -0.3 is 19.6 Å². The number of aliphatic carboxylic acids is 1. The van der Waals surface area contributed by atoms with Gasteiger partial charge in [-0.15, -0.1) is 0 Å². The Morgan fingerprint density at radius 1 is 0.974 bits per heavy atom. The van der Waals surface area contributed by atoms with Crippen molar-refractivity contribution in [1.29, 1.82) is 5.26 Å². The lowest BCUT2D eigenvalue weighted by molar-refractivity contribution is -0.142. The van der Waals surface area contributed by atoms with Crippen molar-refractivity contribution in [1.82, 2.24) is 5.32 Å². The van der Waals surface area contributed by atoms with Crippen molar-refractivity contribution in [3.05, 3.63) is 71.3 Å². The summed E-state index contributed by atoms with van der Waals surface area (Å²) < 4.78 is 12.5. The third-order valence-electron chi connectivity index (χ3n) is 7.11. The number of ether oxygens (including phenoxy) is 1. The highest BCUT2D eigenvalue weighted by molar-refractivity contribution is 6.74. The van der Waals surface area contributed by atoms with Crippen LogP contribution in [0.4, 0.5) is 4.79 Å². The molecule has 2 aromatic carbocycles. The van der Waals surface area contributed by atoms with Crippen LogP contribution in [0.3, 0.4) is 0 Å². The Morgan fingerprint density at radius 2 is 1.59 bits per heavy atom. The zero-order valence-electron chi connectivity index (χ0n) is 24.6. The van der Waals surface area contributed by atoms with E-state index in [0.717, 1.165) is 11.1 Å². The molecule has 2 rings (SSSR count). The first-order valence-corrected chi connectivity index (χ1v) is 16.3. The van der Waals surface area contributed by atoms with E-state index in [9.17, 15) is 20.0 Å². The molecule has 0 radical (unpaired) electrons. The first-order valence-electron chi connectivity index (χ1n) is 13.4. The molecule has 212 valence electrons. The molecule has 0 unspecified atom stereocenters. The number of rotatable bonds is 11. The number of nitrogens with zero attached hydrogens (tertiary/aromatic N) is 1. The number of carboxylic acids is 1. The van der Waals surface area contributed by atoms with E-state index >= 15 is 0 Å². The molecule has 39 heavy (non-hydrogen) atoms. The van der Waals surface area contributed by atoms with Gasteiger partial charge in [0.15, 0.2) is 8.32 Å². The molecule has 0 aliphatic rings. The molecule has 0 aromatic heterocycles. The van der Waals surface area contributed by atoms with Crippen molar-refractivity contribution < 1.29 is 23.9 Å². The minimum Gasteiger partial charge on any atom is -0.481 e. The lowest BCUT2D eigenvalue weighted by Crippen LogP contribution is -2.54. The summed E-state index contributed by atoms with van der Waals surface area (Å²) in [4.78, 5) is 25.5. The Hall–Kier alpha value is -3.15. The van der Waals surface area contributed by atoms with Crippen LogP contribution in [0.2, 0.25) is 18.1 Å². The Bertz CT molecular complexity index is 1150. The van der Waals surface area contributed by atoms with Crippen LogP contribution in [0, 0.1) is 17.2 Å². The van der Waals surface area contributed by atoms with Gasteiger partial charge in [0.25, 0.3) is 0 Å². The minimum atomic E-state index is -2.38. The number of alkyl carbamates (subject to hydrolysis) is 1. The van der Waals surface area contributed by atoms with Crippen molar-refractivity contribution in [2.45, 2.75) is 96.7 Å². The van der Waals surface area contributed by atoms with Crippen LogP contribution in [-0.4, -0.2) is 43.2 Å². The van der Waals surface area contributed by atoms with Crippen LogP contribution in [0.1, 0.15) is 64.7 Å². The summed E-state index contributed by atoms with van der Waals surface area (Å²) in [5, 5.41) is 22.4. The van der Waals surface area contributed by atoms with Gasteiger partial charge in [0, 0.05) is 0 Å². The lowest BCUT2D eigenvalue weighted by Gasteiger charge is -2.42. The van der Waals surface area contributed by atoms with Crippen LogP contribution < -0.4 is 5.32 Å². The van der Waals surface area contributed by atoms with Gasteiger partial charge >= 0.3 is 12.1 Å². The molecule has 0 spiro atoms. The van der Waals surface area contributed by atoms with Gasteiger partial charge in [-0.3, -0.25) is 4.79 Å². The fourth-order valence-electron chi connectivity index (χ4n) is 4.06. The molecule has 2 N–H and O–H groups in total. The highest BCUT2D eigenvalue weighted by Gasteiger charge is 2.42. The fourth-order valence-corrected chi connectivity index (χ4v) is 5.43. The van der Waals surface area contributed by atoms with Crippen LogP contribution in [0.25, 0.3) is 0 Å². The summed E-state index contributed by atoms with van der Waals surface area (Å²) in [7, 11) is -2.38. The van der Waals surface area contributed by atoms with Gasteiger partial charge in [0.2, 0.25) is 0 Å². The molecule has 0 aliphatic carbocycles. The maximum absolute atomic E-state index is 13.0. The van der Waals surface area contributed by atoms with Crippen LogP contribution in [-0.2, 0) is 26.8 Å². The van der Waals surface area contributed by atoms with E-state index in [0.29, 0.717) is 12.0 Å². The first kappa shape index (κ1) is 32.1. The third kappa shape index (κ3) is 10.5. The summed E-state index contributed by atoms with van der Waals surface area (Å²) in [5.41, 5.74) is 1.56. The zero-order valence-corrected chi connectivity index (χ0v) is 25.6. The van der Waals surface area contributed by atoms with Crippen LogP contribution >= 0.6 is 0 Å². The lowest BCUT2D eigenvalue weighted by atomic mass is 9.89. The second kappa shape index (κ2) is 13.3. The molecule has 0 heterocycles. The number of hydrogen-bond acceptors (Lipinski definition) is 5. The van der Waals surface area contributed by atoms with Gasteiger partial charge in [-0.25, -0.2) is 4.79 Å². The monoisotopic (exact) mass is 552 g/mol. The second-order valence-corrected chi connectivity index (χ2v) is 17.4. The molecule has 0 aliphatic heterocycles. The van der Waals surface area contributed by atoms with Gasteiger partial charge in [-0.05, 0) is 81.4 Å². The van der Waals surface area contributed by atoms with E-state index in [2.05, 4.69) is 45.3 Å². The number of nitrogens with one attached hydrogen (secondary N) is 1. The van der Waals surface area contributed by atoms with E-state index in [-0.39, 0.29) is 17.9 Å². The molecule has 3 atom stereocenters. The molecule has 2 aromatic rings. The number of hydrogen-bond donors (Lipinski definition) is 2. The fraction of sp³-hybridized carbons (Fsp3) is 0.516. The molecular formula is C31H44N2O5Si. The van der Waals surface area contributed by atoms with Crippen LogP contribution in [0.15, 0.2) is 54.6 Å². The standard InChI is InChI=1S/C31H44N2O5Si/c1-30(2,3)37-29(36)33-26(19-22-13-10-9-11-14-22)27(38-39(7,8)31(4,5)6)20-25(28(34)35)18-23-15-12-16-24(17-23)21-32/h9-17,25-27H,18-20H2,1-8H3,(H,33,36)(H,34,35)/t25-,26+,27+/m1/s1. The molecule has 1 amide bonds. The number of carbonyl (C=O) groups is 2. The quantitative estimate of drug-likeness (QED) is 0.300. The van der Waals surface area contributed by atoms with E-state index < -0.39 is 44.0 Å². The van der Waals surface area contributed by atoms with Crippen molar-refractivity contribution in [3.63, 3.8) is 0 Å². The van der Waals surface area contributed by atoms with Crippen molar-refractivity contribution in [2.75, 3.05) is 0 Å². The molecule has 7 nitrogen and oxygen atoms in total. The largest absolute Gasteiger partial charge is 0.481 e. The van der Waals surface area contributed by atoms with E-state index in [1.54, 1.807) is 39.0 Å². The van der Waals surface area contributed by atoms with E-state index in [1.165, 1.54) is 0 Å². The number of benzene rings is 2. The van der Waals surface area contributed by atoms with Gasteiger partial charge in [0.05, 0.1) is 29.7 Å². The van der Waals surface area contributed by atoms with Crippen molar-refractivity contribution in [3.8, 4) is 6.07 Å². The second-order valence-electron chi connectivity index (χ2n) is 12.6. The van der Waals surface area contributed by atoms with E-state index in [4.69, 9.17) is 9.16 Å². The summed E-state index contributed by atoms with van der Waals surface area (Å²) in [6.07, 6.45) is -0.270. The molecule has 0 saturated carbocycles. The Labute approximate surface area is 234 Å². The molecule has 0 bridgehead atoms. The van der Waals surface area contributed by atoms with Crippen molar-refractivity contribution >= 4 is 20.4 Å². The Balaban J connectivity index is 2.50. The van der Waals surface area contributed by atoms with Gasteiger partial charge in [0.1, 0.15) is 5.60 Å². The SMILES string of the molecule is CC(C)(C)OC(=O)N[C@@H](Cc1ccccc1)[C@H](C[C@@H](Cc1cccc(C#N)c1)C(=O)O)O[Si](C)(C)C(C)(C)C. The summed E-state index contributed by atoms with van der Waals surface area (Å²) in [6, 6.07) is 18.4. The maximum Gasteiger partial charge on any atom is 0.407 e. The van der Waals surface area contributed by atoms with Crippen molar-refractivity contribution in [2.24, 2.45) is 5.92 Å². The third-order valence-corrected chi connectivity index (χ3v) is 11.6. The van der Waals surface area contributed by atoms with Crippen LogP contribution in [0.5, 0.6) is 0 Å². The summed E-state index contributed by atoms with van der Waals surface area (Å²) in [5.74, 6) is -1.73. The predicted molar refractivity (Wildman–Crippen MR) is 156 cm³/mol. The topological polar surface area (TPSA) is 109 Å². The maximum atomic E-state index is 13.0. The number of amides is 1. The molecule has 0 saturated heterocycles. The summed E-state index contributed by atoms with van der Waals surface area (Å²) >= 11 is 0.